The van der Waals surface area contributed by atoms with Crippen molar-refractivity contribution in [3.63, 3.8) is 0 Å². The number of carbonyl (C=O) groups excluding carboxylic acids is 2. The SMILES string of the molecule is CCCNC(=O)[C@H](C)NC(=O)Nc1ccc(Br)cc1Cl. The Bertz CT molecular complexity index is 497. The van der Waals surface area contributed by atoms with Gasteiger partial charge in [0.1, 0.15) is 6.04 Å². The third-order valence-electron chi connectivity index (χ3n) is 2.47. The van der Waals surface area contributed by atoms with Crippen molar-refractivity contribution in [2.45, 2.75) is 26.3 Å². The number of nitrogens with one attached hydrogen (secondary N) is 3. The minimum absolute atomic E-state index is 0.219. The maximum atomic E-state index is 11.8. The minimum Gasteiger partial charge on any atom is -0.354 e. The molecule has 0 aliphatic rings. The lowest BCUT2D eigenvalue weighted by molar-refractivity contribution is -0.122. The number of hydrogen-bond donors (Lipinski definition) is 3. The number of carbonyl (C=O) groups is 2. The largest absolute Gasteiger partial charge is 0.354 e. The molecule has 0 heterocycles. The molecule has 1 atom stereocenters. The summed E-state index contributed by atoms with van der Waals surface area (Å²) in [5, 5.41) is 8.26. The van der Waals surface area contributed by atoms with E-state index in [0.717, 1.165) is 10.9 Å². The number of amides is 3. The molecule has 0 fully saturated rings. The zero-order valence-electron chi connectivity index (χ0n) is 11.3. The molecule has 0 bridgehead atoms. The molecule has 5 nitrogen and oxygen atoms in total. The van der Waals surface area contributed by atoms with Gasteiger partial charge in [-0.1, -0.05) is 34.5 Å². The highest BCUT2D eigenvalue weighted by molar-refractivity contribution is 9.10. The second kappa shape index (κ2) is 8.11. The normalized spacial score (nSPS) is 11.6. The molecule has 0 aliphatic heterocycles. The van der Waals surface area contributed by atoms with Crippen molar-refractivity contribution in [3.05, 3.63) is 27.7 Å². The lowest BCUT2D eigenvalue weighted by Crippen LogP contribution is -2.46. The molecule has 1 aromatic carbocycles. The molecular weight excluding hydrogens is 346 g/mol. The third kappa shape index (κ3) is 5.38. The van der Waals surface area contributed by atoms with E-state index in [-0.39, 0.29) is 5.91 Å². The van der Waals surface area contributed by atoms with Crippen LogP contribution in [-0.2, 0) is 4.79 Å². The molecule has 0 saturated heterocycles. The van der Waals surface area contributed by atoms with E-state index >= 15 is 0 Å². The molecule has 0 radical (unpaired) electrons. The molecule has 0 saturated carbocycles. The van der Waals surface area contributed by atoms with Crippen molar-refractivity contribution in [2.75, 3.05) is 11.9 Å². The van der Waals surface area contributed by atoms with Gasteiger partial charge in [-0.3, -0.25) is 4.79 Å². The summed E-state index contributed by atoms with van der Waals surface area (Å²) in [6.45, 7) is 4.17. The summed E-state index contributed by atoms with van der Waals surface area (Å²) in [6.07, 6.45) is 0.846. The van der Waals surface area contributed by atoms with Gasteiger partial charge in [-0.15, -0.1) is 0 Å². The van der Waals surface area contributed by atoms with Crippen LogP contribution in [0.4, 0.5) is 10.5 Å². The van der Waals surface area contributed by atoms with Gasteiger partial charge in [-0.25, -0.2) is 4.79 Å². The summed E-state index contributed by atoms with van der Waals surface area (Å²) in [7, 11) is 0. The van der Waals surface area contributed by atoms with Crippen molar-refractivity contribution in [3.8, 4) is 0 Å². The van der Waals surface area contributed by atoms with E-state index in [1.807, 2.05) is 6.92 Å². The number of urea groups is 1. The maximum absolute atomic E-state index is 11.8. The Morgan fingerprint density at radius 2 is 2.10 bits per heavy atom. The average molecular weight is 363 g/mol. The van der Waals surface area contributed by atoms with Crippen molar-refractivity contribution < 1.29 is 9.59 Å². The van der Waals surface area contributed by atoms with Crippen LogP contribution in [0.2, 0.25) is 5.02 Å². The Morgan fingerprint density at radius 3 is 2.70 bits per heavy atom. The zero-order valence-corrected chi connectivity index (χ0v) is 13.6. The van der Waals surface area contributed by atoms with Crippen LogP contribution in [0.3, 0.4) is 0 Å². The Morgan fingerprint density at radius 1 is 1.40 bits per heavy atom. The molecule has 0 aromatic heterocycles. The molecule has 0 aliphatic carbocycles. The molecule has 3 N–H and O–H groups in total. The summed E-state index contributed by atoms with van der Waals surface area (Å²) in [5.74, 6) is -0.219. The molecule has 7 heteroatoms. The van der Waals surface area contributed by atoms with E-state index in [9.17, 15) is 9.59 Å². The van der Waals surface area contributed by atoms with Gasteiger partial charge in [0.2, 0.25) is 5.91 Å². The Balaban J connectivity index is 2.52. The second-order valence-corrected chi connectivity index (χ2v) is 5.56. The van der Waals surface area contributed by atoms with E-state index in [1.54, 1.807) is 25.1 Å². The van der Waals surface area contributed by atoms with E-state index in [4.69, 9.17) is 11.6 Å². The second-order valence-electron chi connectivity index (χ2n) is 4.24. The summed E-state index contributed by atoms with van der Waals surface area (Å²) in [4.78, 5) is 23.4. The smallest absolute Gasteiger partial charge is 0.319 e. The van der Waals surface area contributed by atoms with Gasteiger partial charge < -0.3 is 16.0 Å². The van der Waals surface area contributed by atoms with Gasteiger partial charge in [0.15, 0.2) is 0 Å². The van der Waals surface area contributed by atoms with Crippen LogP contribution in [0.25, 0.3) is 0 Å². The highest BCUT2D eigenvalue weighted by Gasteiger charge is 2.15. The average Bonchev–Trinajstić information content (AvgIpc) is 2.39. The molecule has 110 valence electrons. The monoisotopic (exact) mass is 361 g/mol. The quantitative estimate of drug-likeness (QED) is 0.753. The molecule has 1 aromatic rings. The highest BCUT2D eigenvalue weighted by Crippen LogP contribution is 2.25. The van der Waals surface area contributed by atoms with Gasteiger partial charge in [0.05, 0.1) is 10.7 Å². The van der Waals surface area contributed by atoms with Crippen LogP contribution in [0.1, 0.15) is 20.3 Å². The fourth-order valence-corrected chi connectivity index (χ4v) is 2.13. The van der Waals surface area contributed by atoms with Gasteiger partial charge in [0.25, 0.3) is 0 Å². The van der Waals surface area contributed by atoms with Crippen molar-refractivity contribution >= 4 is 45.2 Å². The van der Waals surface area contributed by atoms with Gasteiger partial charge in [-0.05, 0) is 31.5 Å². The number of halogens is 2. The lowest BCUT2D eigenvalue weighted by atomic mass is 10.3. The first-order valence-electron chi connectivity index (χ1n) is 6.24. The molecular formula is C13H17BrClN3O2. The lowest BCUT2D eigenvalue weighted by Gasteiger charge is -2.15. The molecule has 1 rings (SSSR count). The molecule has 20 heavy (non-hydrogen) atoms. The number of rotatable bonds is 5. The summed E-state index contributed by atoms with van der Waals surface area (Å²) in [5.41, 5.74) is 0.480. The molecule has 3 amide bonds. The van der Waals surface area contributed by atoms with Crippen LogP contribution in [0.5, 0.6) is 0 Å². The maximum Gasteiger partial charge on any atom is 0.319 e. The number of hydrogen-bond acceptors (Lipinski definition) is 2. The van der Waals surface area contributed by atoms with Crippen LogP contribution >= 0.6 is 27.5 Å². The van der Waals surface area contributed by atoms with Crippen LogP contribution in [-0.4, -0.2) is 24.5 Å². The summed E-state index contributed by atoms with van der Waals surface area (Å²) < 4.78 is 0.820. The van der Waals surface area contributed by atoms with Gasteiger partial charge in [-0.2, -0.15) is 0 Å². The van der Waals surface area contributed by atoms with E-state index in [1.165, 1.54) is 0 Å². The van der Waals surface area contributed by atoms with Gasteiger partial charge in [0, 0.05) is 11.0 Å². The first-order valence-corrected chi connectivity index (χ1v) is 7.41. The zero-order chi connectivity index (χ0) is 15.1. The first-order chi connectivity index (χ1) is 9.43. The van der Waals surface area contributed by atoms with Crippen molar-refractivity contribution in [2.24, 2.45) is 0 Å². The molecule has 0 unspecified atom stereocenters. The fourth-order valence-electron chi connectivity index (χ4n) is 1.41. The summed E-state index contributed by atoms with van der Waals surface area (Å²) >= 11 is 9.27. The van der Waals surface area contributed by atoms with Gasteiger partial charge >= 0.3 is 6.03 Å². The van der Waals surface area contributed by atoms with Crippen LogP contribution in [0, 0.1) is 0 Å². The van der Waals surface area contributed by atoms with E-state index in [2.05, 4.69) is 31.9 Å². The predicted octanol–water partition coefficient (Wildman–Crippen LogP) is 3.14. The van der Waals surface area contributed by atoms with Crippen molar-refractivity contribution in [1.29, 1.82) is 0 Å². The Labute approximate surface area is 131 Å². The van der Waals surface area contributed by atoms with E-state index in [0.29, 0.717) is 17.3 Å². The third-order valence-corrected chi connectivity index (χ3v) is 3.28. The Kier molecular flexibility index (Phi) is 6.81. The topological polar surface area (TPSA) is 70.2 Å². The number of anilines is 1. The van der Waals surface area contributed by atoms with Crippen LogP contribution in [0.15, 0.2) is 22.7 Å². The number of benzene rings is 1. The van der Waals surface area contributed by atoms with Crippen LogP contribution < -0.4 is 16.0 Å². The summed E-state index contributed by atoms with van der Waals surface area (Å²) in [6, 6.07) is 4.02. The van der Waals surface area contributed by atoms with E-state index < -0.39 is 12.1 Å². The fraction of sp³-hybridized carbons (Fsp3) is 0.385. The first kappa shape index (κ1) is 16.8. The predicted molar refractivity (Wildman–Crippen MR) is 84.1 cm³/mol. The standard InChI is InChI=1S/C13H17BrClN3O2/c1-3-6-16-12(19)8(2)17-13(20)18-11-5-4-9(14)7-10(11)15/h4-5,7-8H,3,6H2,1-2H3,(H,16,19)(H2,17,18,20)/t8-/m0/s1. The molecule has 0 spiro atoms. The Hall–Kier alpha value is -1.27. The van der Waals surface area contributed by atoms with Crippen molar-refractivity contribution in [1.82, 2.24) is 10.6 Å². The highest BCUT2D eigenvalue weighted by atomic mass is 79.9. The minimum atomic E-state index is -0.615.